The van der Waals surface area contributed by atoms with Gasteiger partial charge >= 0.3 is 6.09 Å². The first kappa shape index (κ1) is 14.3. The van der Waals surface area contributed by atoms with Crippen molar-refractivity contribution in [2.24, 2.45) is 5.92 Å². The molecule has 1 amide bonds. The second-order valence-electron chi connectivity index (χ2n) is 5.91. The third-order valence-electron chi connectivity index (χ3n) is 2.87. The summed E-state index contributed by atoms with van der Waals surface area (Å²) < 4.78 is 5.46. The fourth-order valence-corrected chi connectivity index (χ4v) is 2.43. The molecule has 0 atom stereocenters. The van der Waals surface area contributed by atoms with Crippen molar-refractivity contribution < 1.29 is 9.53 Å². The fourth-order valence-electron chi connectivity index (χ4n) is 2.43. The van der Waals surface area contributed by atoms with Gasteiger partial charge in [-0.3, -0.25) is 5.43 Å². The van der Waals surface area contributed by atoms with Crippen molar-refractivity contribution in [3.05, 3.63) is 0 Å². The Bertz CT molecular complexity index is 246. The van der Waals surface area contributed by atoms with Gasteiger partial charge in [-0.15, -0.1) is 0 Å². The van der Waals surface area contributed by atoms with Crippen LogP contribution in [0, 0.1) is 5.92 Å². The molecule has 0 spiro atoms. The van der Waals surface area contributed by atoms with Crippen LogP contribution in [0.3, 0.4) is 0 Å². The van der Waals surface area contributed by atoms with E-state index >= 15 is 0 Å². The lowest BCUT2D eigenvalue weighted by molar-refractivity contribution is 0.00712. The summed E-state index contributed by atoms with van der Waals surface area (Å²) in [4.78, 5) is 11.7. The number of hydrazine groups is 1. The van der Waals surface area contributed by atoms with Crippen LogP contribution in [-0.4, -0.2) is 29.8 Å². The molecule has 1 heterocycles. The van der Waals surface area contributed by atoms with Crippen molar-refractivity contribution in [1.29, 1.82) is 0 Å². The molecule has 1 aliphatic rings. The van der Waals surface area contributed by atoms with Gasteiger partial charge in [-0.1, -0.05) is 20.3 Å². The smallest absolute Gasteiger partial charge is 0.422 e. The predicted octanol–water partition coefficient (Wildman–Crippen LogP) is 2.94. The average molecular weight is 242 g/mol. The maximum absolute atomic E-state index is 11.7. The molecule has 0 aromatic rings. The molecular weight excluding hydrogens is 216 g/mol. The highest BCUT2D eigenvalue weighted by Crippen LogP contribution is 2.20. The lowest BCUT2D eigenvalue weighted by atomic mass is 9.96. The molecule has 1 rings (SSSR count). The van der Waals surface area contributed by atoms with E-state index in [1.807, 2.05) is 18.9 Å². The Morgan fingerprint density at radius 3 is 2.41 bits per heavy atom. The third kappa shape index (κ3) is 5.91. The Kier molecular flexibility index (Phi) is 5.25. The van der Waals surface area contributed by atoms with E-state index in [1.54, 1.807) is 0 Å². The fraction of sp³-hybridized carbons (Fsp3) is 0.923. The summed E-state index contributed by atoms with van der Waals surface area (Å²) in [6.45, 7) is 10.0. The molecule has 0 unspecified atom stereocenters. The SMILES string of the molecule is CC(C)CC(C)(C)OC(=O)NN1CCCCC1. The maximum Gasteiger partial charge on any atom is 0.422 e. The van der Waals surface area contributed by atoms with Gasteiger partial charge in [0.2, 0.25) is 0 Å². The Balaban J connectivity index is 2.32. The number of amides is 1. The predicted molar refractivity (Wildman–Crippen MR) is 68.6 cm³/mol. The van der Waals surface area contributed by atoms with Crippen LogP contribution in [0.25, 0.3) is 0 Å². The normalized spacial score (nSPS) is 18.2. The largest absolute Gasteiger partial charge is 0.443 e. The topological polar surface area (TPSA) is 41.6 Å². The summed E-state index contributed by atoms with van der Waals surface area (Å²) in [5.41, 5.74) is 2.43. The summed E-state index contributed by atoms with van der Waals surface area (Å²) in [5.74, 6) is 0.521. The van der Waals surface area contributed by atoms with Crippen LogP contribution in [-0.2, 0) is 4.74 Å². The van der Waals surface area contributed by atoms with Crippen molar-refractivity contribution >= 4 is 6.09 Å². The molecule has 1 fully saturated rings. The molecule has 0 aromatic carbocycles. The van der Waals surface area contributed by atoms with Crippen LogP contribution in [0.5, 0.6) is 0 Å². The molecule has 100 valence electrons. The monoisotopic (exact) mass is 242 g/mol. The lowest BCUT2D eigenvalue weighted by Gasteiger charge is -2.31. The number of ether oxygens (including phenoxy) is 1. The minimum Gasteiger partial charge on any atom is -0.443 e. The minimum atomic E-state index is -0.395. The van der Waals surface area contributed by atoms with Gasteiger partial charge in [0.25, 0.3) is 0 Å². The third-order valence-corrected chi connectivity index (χ3v) is 2.87. The molecular formula is C13H26N2O2. The molecule has 0 saturated carbocycles. The molecule has 0 aliphatic carbocycles. The summed E-state index contributed by atoms with van der Waals surface area (Å²) in [7, 11) is 0. The number of carbonyl (C=O) groups excluding carboxylic acids is 1. The highest BCUT2D eigenvalue weighted by atomic mass is 16.6. The molecule has 4 heteroatoms. The summed E-state index contributed by atoms with van der Waals surface area (Å²) >= 11 is 0. The van der Waals surface area contributed by atoms with E-state index in [0.717, 1.165) is 32.4 Å². The Labute approximate surface area is 105 Å². The van der Waals surface area contributed by atoms with Crippen LogP contribution in [0.2, 0.25) is 0 Å². The Morgan fingerprint density at radius 1 is 1.29 bits per heavy atom. The molecule has 17 heavy (non-hydrogen) atoms. The zero-order valence-electron chi connectivity index (χ0n) is 11.6. The van der Waals surface area contributed by atoms with Crippen LogP contribution >= 0.6 is 0 Å². The lowest BCUT2D eigenvalue weighted by Crippen LogP contribution is -2.47. The minimum absolute atomic E-state index is 0.322. The second kappa shape index (κ2) is 6.24. The first-order valence-corrected chi connectivity index (χ1v) is 6.63. The van der Waals surface area contributed by atoms with Gasteiger partial charge in [0.15, 0.2) is 0 Å². The molecule has 1 aliphatic heterocycles. The molecule has 1 saturated heterocycles. The van der Waals surface area contributed by atoms with E-state index in [4.69, 9.17) is 4.74 Å². The maximum atomic E-state index is 11.7. The van der Waals surface area contributed by atoms with Gasteiger partial charge < -0.3 is 4.74 Å². The number of hydrogen-bond acceptors (Lipinski definition) is 3. The Morgan fingerprint density at radius 2 is 1.88 bits per heavy atom. The van der Waals surface area contributed by atoms with E-state index in [1.165, 1.54) is 6.42 Å². The van der Waals surface area contributed by atoms with Gasteiger partial charge in [0, 0.05) is 13.1 Å². The van der Waals surface area contributed by atoms with Gasteiger partial charge in [0.1, 0.15) is 5.60 Å². The molecule has 1 N–H and O–H groups in total. The highest BCUT2D eigenvalue weighted by Gasteiger charge is 2.25. The van der Waals surface area contributed by atoms with Crippen LogP contribution in [0.4, 0.5) is 4.79 Å². The number of hydrogen-bond donors (Lipinski definition) is 1. The van der Waals surface area contributed by atoms with Crippen molar-refractivity contribution in [2.75, 3.05) is 13.1 Å². The van der Waals surface area contributed by atoms with Gasteiger partial charge in [-0.2, -0.15) is 0 Å². The van der Waals surface area contributed by atoms with E-state index < -0.39 is 5.60 Å². The number of nitrogens with zero attached hydrogens (tertiary/aromatic N) is 1. The zero-order chi connectivity index (χ0) is 12.9. The van der Waals surface area contributed by atoms with Gasteiger partial charge in [-0.25, -0.2) is 9.80 Å². The van der Waals surface area contributed by atoms with E-state index in [2.05, 4.69) is 19.3 Å². The first-order valence-electron chi connectivity index (χ1n) is 6.63. The quantitative estimate of drug-likeness (QED) is 0.824. The molecule has 0 aromatic heterocycles. The van der Waals surface area contributed by atoms with Crippen molar-refractivity contribution in [3.8, 4) is 0 Å². The van der Waals surface area contributed by atoms with E-state index in [9.17, 15) is 4.79 Å². The van der Waals surface area contributed by atoms with E-state index in [0.29, 0.717) is 5.92 Å². The molecule has 0 radical (unpaired) electrons. The highest BCUT2D eigenvalue weighted by molar-refractivity contribution is 5.67. The second-order valence-corrected chi connectivity index (χ2v) is 5.91. The zero-order valence-corrected chi connectivity index (χ0v) is 11.6. The van der Waals surface area contributed by atoms with Crippen molar-refractivity contribution in [3.63, 3.8) is 0 Å². The molecule has 4 nitrogen and oxygen atoms in total. The Hall–Kier alpha value is -0.770. The van der Waals surface area contributed by atoms with Crippen molar-refractivity contribution in [2.45, 2.75) is 59.0 Å². The number of piperidine rings is 1. The first-order chi connectivity index (χ1) is 7.89. The van der Waals surface area contributed by atoms with Crippen LogP contribution in [0.15, 0.2) is 0 Å². The van der Waals surface area contributed by atoms with Crippen molar-refractivity contribution in [1.82, 2.24) is 10.4 Å². The van der Waals surface area contributed by atoms with Gasteiger partial charge in [-0.05, 0) is 39.0 Å². The number of carbonyl (C=O) groups is 1. The van der Waals surface area contributed by atoms with Crippen LogP contribution < -0.4 is 5.43 Å². The number of rotatable bonds is 4. The summed E-state index contributed by atoms with van der Waals surface area (Å²) in [6.07, 6.45) is 4.11. The van der Waals surface area contributed by atoms with E-state index in [-0.39, 0.29) is 6.09 Å². The van der Waals surface area contributed by atoms with Crippen LogP contribution in [0.1, 0.15) is 53.4 Å². The average Bonchev–Trinajstić information content (AvgIpc) is 2.15. The summed E-state index contributed by atoms with van der Waals surface area (Å²) in [5, 5.41) is 1.96. The molecule has 0 bridgehead atoms. The van der Waals surface area contributed by atoms with Gasteiger partial charge in [0.05, 0.1) is 0 Å². The number of nitrogens with one attached hydrogen (secondary N) is 1. The summed E-state index contributed by atoms with van der Waals surface area (Å²) in [6, 6.07) is 0. The standard InChI is InChI=1S/C13H26N2O2/c1-11(2)10-13(3,4)17-12(16)14-15-8-6-5-7-9-15/h11H,5-10H2,1-4H3,(H,14,16).